The van der Waals surface area contributed by atoms with E-state index in [4.69, 9.17) is 0 Å². The van der Waals surface area contributed by atoms with Crippen LogP contribution in [0, 0.1) is 6.92 Å². The van der Waals surface area contributed by atoms with Crippen LogP contribution in [0.3, 0.4) is 0 Å². The number of para-hydroxylation sites is 1. The first-order valence-electron chi connectivity index (χ1n) is 10.3. The zero-order valence-electron chi connectivity index (χ0n) is 17.0. The molecule has 2 amide bonds. The summed E-state index contributed by atoms with van der Waals surface area (Å²) in [6, 6.07) is 9.40. The maximum atomic E-state index is 13.2. The fourth-order valence-electron chi connectivity index (χ4n) is 4.32. The molecule has 29 heavy (non-hydrogen) atoms. The third-order valence-corrected chi connectivity index (χ3v) is 6.05. The predicted molar refractivity (Wildman–Crippen MR) is 110 cm³/mol. The van der Waals surface area contributed by atoms with Gasteiger partial charge in [0.05, 0.1) is 11.7 Å². The molecule has 2 aliphatic heterocycles. The van der Waals surface area contributed by atoms with Crippen LogP contribution in [-0.4, -0.2) is 64.4 Å². The Morgan fingerprint density at radius 3 is 2.62 bits per heavy atom. The van der Waals surface area contributed by atoms with Crippen molar-refractivity contribution in [3.63, 3.8) is 0 Å². The summed E-state index contributed by atoms with van der Waals surface area (Å²) in [6.45, 7) is 4.45. The van der Waals surface area contributed by atoms with E-state index in [1.165, 1.54) is 0 Å². The minimum Gasteiger partial charge on any atom is -0.328 e. The molecule has 1 unspecified atom stereocenters. The van der Waals surface area contributed by atoms with Crippen molar-refractivity contribution in [1.29, 1.82) is 0 Å². The van der Waals surface area contributed by atoms with E-state index in [9.17, 15) is 9.59 Å². The number of carbonyl (C=O) groups is 2. The first-order chi connectivity index (χ1) is 14.1. The molecule has 1 aromatic heterocycles. The van der Waals surface area contributed by atoms with Gasteiger partial charge in [-0.2, -0.15) is 0 Å². The summed E-state index contributed by atoms with van der Waals surface area (Å²) in [5.74, 6) is -0.280. The molecule has 4 rings (SSSR count). The van der Waals surface area contributed by atoms with Gasteiger partial charge in [-0.05, 0) is 57.8 Å². The topological polar surface area (TPSA) is 83.4 Å². The minimum atomic E-state index is -0.486. The summed E-state index contributed by atoms with van der Waals surface area (Å²) in [5.41, 5.74) is 1.99. The number of hydrogen-bond acceptors (Lipinski definition) is 5. The molecule has 2 saturated heterocycles. The van der Waals surface area contributed by atoms with Crippen LogP contribution in [0.2, 0.25) is 0 Å². The van der Waals surface area contributed by atoms with Crippen LogP contribution in [0.1, 0.15) is 47.9 Å². The van der Waals surface area contributed by atoms with E-state index < -0.39 is 6.04 Å². The van der Waals surface area contributed by atoms with Crippen molar-refractivity contribution in [2.45, 2.75) is 44.7 Å². The molecule has 1 atom stereocenters. The van der Waals surface area contributed by atoms with Gasteiger partial charge in [-0.15, -0.1) is 5.10 Å². The van der Waals surface area contributed by atoms with Crippen molar-refractivity contribution in [2.24, 2.45) is 0 Å². The van der Waals surface area contributed by atoms with Crippen molar-refractivity contribution in [3.05, 3.63) is 41.7 Å². The second-order valence-corrected chi connectivity index (χ2v) is 7.85. The number of hydrogen-bond donors (Lipinski definition) is 1. The Morgan fingerprint density at radius 1 is 1.17 bits per heavy atom. The van der Waals surface area contributed by atoms with Crippen LogP contribution in [0.4, 0.5) is 5.69 Å². The lowest BCUT2D eigenvalue weighted by Gasteiger charge is -2.36. The van der Waals surface area contributed by atoms with Gasteiger partial charge in [0.25, 0.3) is 5.91 Å². The van der Waals surface area contributed by atoms with E-state index in [1.807, 2.05) is 41.9 Å². The largest absolute Gasteiger partial charge is 0.328 e. The van der Waals surface area contributed by atoms with Gasteiger partial charge in [0, 0.05) is 19.3 Å². The van der Waals surface area contributed by atoms with Crippen LogP contribution in [0.15, 0.2) is 30.3 Å². The molecule has 0 saturated carbocycles. The summed E-state index contributed by atoms with van der Waals surface area (Å²) in [7, 11) is 1.70. The van der Waals surface area contributed by atoms with E-state index in [0.29, 0.717) is 18.7 Å². The molecule has 1 aromatic carbocycles. The van der Waals surface area contributed by atoms with E-state index in [1.54, 1.807) is 16.8 Å². The number of amides is 2. The molecule has 2 aromatic rings. The van der Waals surface area contributed by atoms with Gasteiger partial charge in [-0.1, -0.05) is 23.4 Å². The standard InChI is InChI=1S/C21H28N6O2/c1-15-19(23-24-27(15)17-10-12-22-13-11-17)21(29)25(2)18-9-6-14-26(20(18)28)16-7-4-3-5-8-16/h3-5,7-8,17-18,22H,6,9-14H2,1-2H3. The molecule has 3 heterocycles. The highest BCUT2D eigenvalue weighted by Gasteiger charge is 2.36. The SMILES string of the molecule is Cc1c(C(=O)N(C)C2CCCN(c3ccccc3)C2=O)nnn1C1CCNCC1. The quantitative estimate of drug-likeness (QED) is 0.852. The number of rotatable bonds is 4. The van der Waals surface area contributed by atoms with Crippen molar-refractivity contribution in [1.82, 2.24) is 25.2 Å². The van der Waals surface area contributed by atoms with Gasteiger partial charge in [-0.25, -0.2) is 4.68 Å². The van der Waals surface area contributed by atoms with Crippen LogP contribution in [0.5, 0.6) is 0 Å². The summed E-state index contributed by atoms with van der Waals surface area (Å²) < 4.78 is 1.88. The number of nitrogens with zero attached hydrogens (tertiary/aromatic N) is 5. The average molecular weight is 396 g/mol. The summed E-state index contributed by atoms with van der Waals surface area (Å²) in [5, 5.41) is 11.8. The van der Waals surface area contributed by atoms with Crippen LogP contribution in [-0.2, 0) is 4.79 Å². The number of benzene rings is 1. The van der Waals surface area contributed by atoms with Gasteiger partial charge in [0.2, 0.25) is 5.91 Å². The Balaban J connectivity index is 1.52. The normalized spacial score (nSPS) is 20.7. The molecule has 8 nitrogen and oxygen atoms in total. The van der Waals surface area contributed by atoms with E-state index in [0.717, 1.165) is 43.7 Å². The molecule has 2 aliphatic rings. The van der Waals surface area contributed by atoms with E-state index >= 15 is 0 Å². The molecule has 0 aliphatic carbocycles. The predicted octanol–water partition coefficient (Wildman–Crippen LogP) is 1.78. The monoisotopic (exact) mass is 396 g/mol. The number of aromatic nitrogens is 3. The number of piperidine rings is 2. The lowest BCUT2D eigenvalue weighted by Crippen LogP contribution is -2.53. The molecule has 2 fully saturated rings. The van der Waals surface area contributed by atoms with E-state index in [2.05, 4.69) is 15.6 Å². The van der Waals surface area contributed by atoms with Gasteiger partial charge in [0.15, 0.2) is 5.69 Å². The van der Waals surface area contributed by atoms with Crippen molar-refractivity contribution < 1.29 is 9.59 Å². The summed E-state index contributed by atoms with van der Waals surface area (Å²) in [4.78, 5) is 29.6. The van der Waals surface area contributed by atoms with Crippen LogP contribution < -0.4 is 10.2 Å². The number of carbonyl (C=O) groups excluding carboxylic acids is 2. The molecule has 0 spiro atoms. The van der Waals surface area contributed by atoms with Gasteiger partial charge >= 0.3 is 0 Å². The molecule has 0 radical (unpaired) electrons. The minimum absolute atomic E-state index is 0.0401. The van der Waals surface area contributed by atoms with Crippen molar-refractivity contribution in [2.75, 3.05) is 31.6 Å². The second kappa shape index (κ2) is 8.32. The Labute approximate surface area is 170 Å². The Kier molecular flexibility index (Phi) is 5.62. The Hall–Kier alpha value is -2.74. The van der Waals surface area contributed by atoms with E-state index in [-0.39, 0.29) is 17.9 Å². The van der Waals surface area contributed by atoms with Crippen molar-refractivity contribution >= 4 is 17.5 Å². The fourth-order valence-corrected chi connectivity index (χ4v) is 4.32. The van der Waals surface area contributed by atoms with Gasteiger partial charge < -0.3 is 15.1 Å². The molecule has 0 bridgehead atoms. The highest BCUT2D eigenvalue weighted by Crippen LogP contribution is 2.25. The first kappa shape index (κ1) is 19.6. The number of anilines is 1. The summed E-state index contributed by atoms with van der Waals surface area (Å²) in [6.07, 6.45) is 3.46. The number of likely N-dealkylation sites (N-methyl/N-ethyl adjacent to an activating group) is 1. The third-order valence-electron chi connectivity index (χ3n) is 6.05. The maximum absolute atomic E-state index is 13.2. The fraction of sp³-hybridized carbons (Fsp3) is 0.524. The lowest BCUT2D eigenvalue weighted by atomic mass is 10.0. The van der Waals surface area contributed by atoms with Gasteiger partial charge in [0.1, 0.15) is 6.04 Å². The first-order valence-corrected chi connectivity index (χ1v) is 10.3. The lowest BCUT2D eigenvalue weighted by molar-refractivity contribution is -0.124. The van der Waals surface area contributed by atoms with Crippen LogP contribution in [0.25, 0.3) is 0 Å². The molecular weight excluding hydrogens is 368 g/mol. The zero-order chi connectivity index (χ0) is 20.4. The molecule has 1 N–H and O–H groups in total. The summed E-state index contributed by atoms with van der Waals surface area (Å²) >= 11 is 0. The highest BCUT2D eigenvalue weighted by molar-refractivity contribution is 6.02. The Morgan fingerprint density at radius 2 is 1.90 bits per heavy atom. The molecular formula is C21H28N6O2. The zero-order valence-corrected chi connectivity index (χ0v) is 17.0. The van der Waals surface area contributed by atoms with Crippen molar-refractivity contribution in [3.8, 4) is 0 Å². The Bertz CT molecular complexity index is 875. The molecule has 154 valence electrons. The van der Waals surface area contributed by atoms with Gasteiger partial charge in [-0.3, -0.25) is 9.59 Å². The maximum Gasteiger partial charge on any atom is 0.276 e. The molecule has 8 heteroatoms. The average Bonchev–Trinajstić information content (AvgIpc) is 3.15. The highest BCUT2D eigenvalue weighted by atomic mass is 16.2. The smallest absolute Gasteiger partial charge is 0.276 e. The second-order valence-electron chi connectivity index (χ2n) is 7.85. The third kappa shape index (κ3) is 3.76. The number of nitrogens with one attached hydrogen (secondary N) is 1. The van der Waals surface area contributed by atoms with Crippen LogP contribution >= 0.6 is 0 Å².